The molecule has 0 amide bonds. The van der Waals surface area contributed by atoms with E-state index in [1.54, 1.807) is 38.6 Å². The van der Waals surface area contributed by atoms with E-state index in [4.69, 9.17) is 21.1 Å². The zero-order valence-corrected chi connectivity index (χ0v) is 23.0. The van der Waals surface area contributed by atoms with Crippen molar-refractivity contribution in [3.63, 3.8) is 0 Å². The molecule has 10 heteroatoms. The lowest BCUT2D eigenvalue weighted by molar-refractivity contribution is -0.137. The summed E-state index contributed by atoms with van der Waals surface area (Å²) in [5.74, 6) is 2.23. The van der Waals surface area contributed by atoms with E-state index in [-0.39, 0.29) is 5.02 Å². The van der Waals surface area contributed by atoms with Gasteiger partial charge in [-0.1, -0.05) is 23.7 Å². The molecular weight excluding hydrogens is 547 g/mol. The largest absolute Gasteiger partial charge is 0.497 e. The molecule has 0 spiro atoms. The Morgan fingerprint density at radius 2 is 1.67 bits per heavy atom. The number of halogens is 4. The van der Waals surface area contributed by atoms with E-state index >= 15 is 0 Å². The quantitative estimate of drug-likeness (QED) is 0.208. The molecule has 1 aliphatic carbocycles. The average Bonchev–Trinajstić information content (AvgIpc) is 3.41. The predicted octanol–water partition coefficient (Wildman–Crippen LogP) is 8.06. The zero-order valence-electron chi connectivity index (χ0n) is 21.4. The topological polar surface area (TPSA) is 47.5 Å². The molecule has 1 heterocycles. The Morgan fingerprint density at radius 3 is 2.33 bits per heavy atom. The summed E-state index contributed by atoms with van der Waals surface area (Å²) in [5, 5.41) is 0.0971. The van der Waals surface area contributed by atoms with Crippen LogP contribution in [0, 0.1) is 0 Å². The summed E-state index contributed by atoms with van der Waals surface area (Å²) in [6.45, 7) is 0.610. The lowest BCUT2D eigenvalue weighted by Gasteiger charge is -2.22. The fraction of sp³-hybridized carbons (Fsp3) is 0.241. The third kappa shape index (κ3) is 7.80. The van der Waals surface area contributed by atoms with Gasteiger partial charge in [0.15, 0.2) is 0 Å². The standard InChI is InChI=1S/C22H23N3O2S.C7H4ClF3/c1-26-19-9-7-18(21(14-19)27-2)15-25(22-23-11-4-12-24-22)28-20-10-8-16-5-3-6-17(16)13-20;8-6-3-1-2-5(4-6)7(9,10)11/h4,7-14H,3,5-6,15H2,1-2H3;1-4H. The maximum atomic E-state index is 11.9. The molecule has 0 bridgehead atoms. The van der Waals surface area contributed by atoms with Crippen molar-refractivity contribution in [2.24, 2.45) is 0 Å². The number of hydrogen-bond acceptors (Lipinski definition) is 6. The number of aromatic nitrogens is 2. The number of benzene rings is 3. The van der Waals surface area contributed by atoms with Gasteiger partial charge in [0.2, 0.25) is 5.95 Å². The number of hydrogen-bond donors (Lipinski definition) is 0. The monoisotopic (exact) mass is 573 g/mol. The third-order valence-electron chi connectivity index (χ3n) is 6.02. The number of fused-ring (bicyclic) bond motifs is 1. The molecule has 0 unspecified atom stereocenters. The minimum absolute atomic E-state index is 0.0971. The lowest BCUT2D eigenvalue weighted by Crippen LogP contribution is -2.17. The first-order valence-corrected chi connectivity index (χ1v) is 13.3. The third-order valence-corrected chi connectivity index (χ3v) is 7.23. The maximum absolute atomic E-state index is 11.9. The van der Waals surface area contributed by atoms with E-state index < -0.39 is 11.7 Å². The second-order valence-electron chi connectivity index (χ2n) is 8.65. The first kappa shape index (κ1) is 28.6. The van der Waals surface area contributed by atoms with Crippen LogP contribution in [0.4, 0.5) is 19.1 Å². The number of nitrogens with zero attached hydrogens (tertiary/aromatic N) is 3. The minimum Gasteiger partial charge on any atom is -0.497 e. The van der Waals surface area contributed by atoms with Crippen molar-refractivity contribution >= 4 is 29.5 Å². The molecule has 4 aromatic rings. The van der Waals surface area contributed by atoms with Gasteiger partial charge in [-0.05, 0) is 90.9 Å². The number of ether oxygens (including phenoxy) is 2. The van der Waals surface area contributed by atoms with E-state index in [2.05, 4.69) is 32.5 Å². The SMILES string of the molecule is COc1ccc(CN(Sc2ccc3c(c2)CCC3)c2ncccn2)c(OC)c1.FC(F)(F)c1cccc(Cl)c1. The van der Waals surface area contributed by atoms with E-state index in [9.17, 15) is 13.2 Å². The number of anilines is 1. The van der Waals surface area contributed by atoms with Crippen LogP contribution in [0.2, 0.25) is 5.02 Å². The molecule has 5 rings (SSSR count). The van der Waals surface area contributed by atoms with Gasteiger partial charge in [-0.25, -0.2) is 9.97 Å². The Hall–Kier alpha value is -3.43. The van der Waals surface area contributed by atoms with E-state index in [1.165, 1.54) is 41.0 Å². The van der Waals surface area contributed by atoms with Crippen LogP contribution in [0.25, 0.3) is 0 Å². The Labute approximate surface area is 235 Å². The van der Waals surface area contributed by atoms with Gasteiger partial charge < -0.3 is 9.47 Å². The van der Waals surface area contributed by atoms with Crippen molar-refractivity contribution in [2.75, 3.05) is 18.5 Å². The zero-order chi connectivity index (χ0) is 27.8. The van der Waals surface area contributed by atoms with Gasteiger partial charge in [-0.15, -0.1) is 0 Å². The highest BCUT2D eigenvalue weighted by Gasteiger charge is 2.30. The summed E-state index contributed by atoms with van der Waals surface area (Å²) < 4.78 is 48.7. The fourth-order valence-electron chi connectivity index (χ4n) is 4.10. The molecule has 0 atom stereocenters. The number of rotatable bonds is 7. The number of aryl methyl sites for hydroxylation is 2. The minimum atomic E-state index is -4.30. The maximum Gasteiger partial charge on any atom is 0.416 e. The van der Waals surface area contributed by atoms with Crippen molar-refractivity contribution in [1.82, 2.24) is 9.97 Å². The van der Waals surface area contributed by atoms with Crippen LogP contribution in [-0.2, 0) is 25.6 Å². The molecular formula is C29H27ClF3N3O2S. The number of methoxy groups -OCH3 is 2. The molecule has 1 aromatic heterocycles. The van der Waals surface area contributed by atoms with Gasteiger partial charge >= 0.3 is 6.18 Å². The van der Waals surface area contributed by atoms with Crippen molar-refractivity contribution in [3.8, 4) is 11.5 Å². The summed E-state index contributed by atoms with van der Waals surface area (Å²) in [6.07, 6.45) is 2.84. The highest BCUT2D eigenvalue weighted by Crippen LogP contribution is 2.34. The Bertz CT molecular complexity index is 1390. The second-order valence-corrected chi connectivity index (χ2v) is 10.2. The molecule has 39 heavy (non-hydrogen) atoms. The summed E-state index contributed by atoms with van der Waals surface area (Å²) in [4.78, 5) is 10.1. The Kier molecular flexibility index (Phi) is 9.59. The van der Waals surface area contributed by atoms with Gasteiger partial charge in [0.1, 0.15) is 11.5 Å². The van der Waals surface area contributed by atoms with Gasteiger partial charge in [0.25, 0.3) is 0 Å². The average molecular weight is 574 g/mol. The molecule has 204 valence electrons. The summed E-state index contributed by atoms with van der Waals surface area (Å²) in [6, 6.07) is 19.0. The van der Waals surface area contributed by atoms with Crippen molar-refractivity contribution < 1.29 is 22.6 Å². The summed E-state index contributed by atoms with van der Waals surface area (Å²) in [5.41, 5.74) is 3.26. The molecule has 0 N–H and O–H groups in total. The van der Waals surface area contributed by atoms with Gasteiger partial charge in [0, 0.05) is 33.9 Å². The van der Waals surface area contributed by atoms with Gasteiger partial charge in [-0.3, -0.25) is 4.31 Å². The van der Waals surface area contributed by atoms with Crippen LogP contribution in [0.5, 0.6) is 11.5 Å². The van der Waals surface area contributed by atoms with Crippen LogP contribution in [0.3, 0.4) is 0 Å². The molecule has 0 radical (unpaired) electrons. The fourth-order valence-corrected chi connectivity index (χ4v) is 5.25. The summed E-state index contributed by atoms with van der Waals surface area (Å²) >= 11 is 7.00. The molecule has 0 fully saturated rings. The predicted molar refractivity (Wildman–Crippen MR) is 149 cm³/mol. The van der Waals surface area contributed by atoms with Crippen molar-refractivity contribution in [3.05, 3.63) is 106 Å². The van der Waals surface area contributed by atoms with Crippen LogP contribution in [0.15, 0.2) is 84.0 Å². The number of alkyl halides is 3. The smallest absolute Gasteiger partial charge is 0.416 e. The molecule has 0 aliphatic heterocycles. The molecule has 0 saturated carbocycles. The molecule has 1 aliphatic rings. The first-order chi connectivity index (χ1) is 18.8. The Morgan fingerprint density at radius 1 is 0.897 bits per heavy atom. The van der Waals surface area contributed by atoms with E-state index in [0.717, 1.165) is 35.6 Å². The van der Waals surface area contributed by atoms with Crippen LogP contribution in [0.1, 0.15) is 28.7 Å². The summed E-state index contributed by atoms with van der Waals surface area (Å²) in [7, 11) is 3.33. The molecule has 5 nitrogen and oxygen atoms in total. The van der Waals surface area contributed by atoms with E-state index in [0.29, 0.717) is 12.5 Å². The van der Waals surface area contributed by atoms with Gasteiger partial charge in [-0.2, -0.15) is 13.2 Å². The normalized spacial score (nSPS) is 12.3. The van der Waals surface area contributed by atoms with E-state index in [1.807, 2.05) is 24.3 Å². The molecule has 0 saturated heterocycles. The van der Waals surface area contributed by atoms with Crippen LogP contribution in [-0.4, -0.2) is 24.2 Å². The van der Waals surface area contributed by atoms with Gasteiger partial charge in [0.05, 0.1) is 26.3 Å². The van der Waals surface area contributed by atoms with Crippen LogP contribution < -0.4 is 13.8 Å². The second kappa shape index (κ2) is 13.1. The lowest BCUT2D eigenvalue weighted by atomic mass is 10.1. The van der Waals surface area contributed by atoms with Crippen molar-refractivity contribution in [1.29, 1.82) is 0 Å². The van der Waals surface area contributed by atoms with Crippen molar-refractivity contribution in [2.45, 2.75) is 36.9 Å². The first-order valence-electron chi connectivity index (χ1n) is 12.1. The molecule has 3 aromatic carbocycles. The Balaban J connectivity index is 0.000000270. The highest BCUT2D eigenvalue weighted by atomic mass is 35.5. The van der Waals surface area contributed by atoms with Crippen LogP contribution >= 0.6 is 23.5 Å². The highest BCUT2D eigenvalue weighted by molar-refractivity contribution is 8.00.